The fourth-order valence-corrected chi connectivity index (χ4v) is 3.61. The first-order valence-electron chi connectivity index (χ1n) is 8.81. The van der Waals surface area contributed by atoms with Gasteiger partial charge in [0, 0.05) is 35.3 Å². The number of rotatable bonds is 7. The summed E-state index contributed by atoms with van der Waals surface area (Å²) in [7, 11) is 0. The maximum Gasteiger partial charge on any atom is 0.411 e. The van der Waals surface area contributed by atoms with Crippen molar-refractivity contribution in [2.24, 2.45) is 0 Å². The summed E-state index contributed by atoms with van der Waals surface area (Å²) in [4.78, 5) is 17.3. The van der Waals surface area contributed by atoms with Crippen molar-refractivity contribution >= 4 is 23.5 Å². The highest BCUT2D eigenvalue weighted by Gasteiger charge is 2.08. The first-order valence-corrected chi connectivity index (χ1v) is 9.80. The molecule has 6 heteroatoms. The molecule has 1 amide bonds. The van der Waals surface area contributed by atoms with Crippen molar-refractivity contribution in [1.82, 2.24) is 9.55 Å². The van der Waals surface area contributed by atoms with E-state index in [0.29, 0.717) is 12.4 Å². The number of amides is 1. The fourth-order valence-electron chi connectivity index (χ4n) is 2.70. The largest absolute Gasteiger partial charge is 0.448 e. The Morgan fingerprint density at radius 2 is 1.96 bits per heavy atom. The van der Waals surface area contributed by atoms with Crippen LogP contribution in [0.15, 0.2) is 65.8 Å². The SMILES string of the molecule is Cc1c(Cn2ccnc2C)cccc1SCCOC(=O)Nc1ccccc1. The number of aryl methyl sites for hydroxylation is 1. The third-order valence-electron chi connectivity index (χ3n) is 4.25. The van der Waals surface area contributed by atoms with E-state index in [0.717, 1.165) is 18.1 Å². The first-order chi connectivity index (χ1) is 13.1. The van der Waals surface area contributed by atoms with Gasteiger partial charge in [-0.25, -0.2) is 9.78 Å². The van der Waals surface area contributed by atoms with Gasteiger partial charge in [-0.2, -0.15) is 0 Å². The standard InChI is InChI=1S/C21H23N3O2S/c1-16-18(15-24-12-11-22-17(24)2)7-6-10-20(16)27-14-13-26-21(25)23-19-8-4-3-5-9-19/h3-12H,13-15H2,1-2H3,(H,23,25). The van der Waals surface area contributed by atoms with Crippen LogP contribution < -0.4 is 5.32 Å². The Hall–Kier alpha value is -2.73. The van der Waals surface area contributed by atoms with Gasteiger partial charge >= 0.3 is 6.09 Å². The lowest BCUT2D eigenvalue weighted by Crippen LogP contribution is -2.15. The molecule has 3 rings (SSSR count). The molecule has 0 saturated heterocycles. The van der Waals surface area contributed by atoms with Crippen molar-refractivity contribution in [2.45, 2.75) is 25.3 Å². The zero-order valence-corrected chi connectivity index (χ0v) is 16.3. The second-order valence-electron chi connectivity index (χ2n) is 6.12. The first kappa shape index (κ1) is 19.0. The number of imidazole rings is 1. The van der Waals surface area contributed by atoms with E-state index in [1.165, 1.54) is 16.0 Å². The van der Waals surface area contributed by atoms with Gasteiger partial charge in [-0.1, -0.05) is 30.3 Å². The maximum absolute atomic E-state index is 11.8. The van der Waals surface area contributed by atoms with Crippen LogP contribution in [-0.4, -0.2) is 28.0 Å². The molecule has 0 radical (unpaired) electrons. The van der Waals surface area contributed by atoms with Crippen LogP contribution in [0.3, 0.4) is 0 Å². The second kappa shape index (κ2) is 9.28. The number of benzene rings is 2. The van der Waals surface area contributed by atoms with E-state index in [4.69, 9.17) is 4.74 Å². The Labute approximate surface area is 163 Å². The summed E-state index contributed by atoms with van der Waals surface area (Å²) in [6, 6.07) is 15.6. The normalized spacial score (nSPS) is 10.6. The van der Waals surface area contributed by atoms with Crippen LogP contribution in [0.5, 0.6) is 0 Å². The third kappa shape index (κ3) is 5.37. The van der Waals surface area contributed by atoms with Crippen molar-refractivity contribution in [1.29, 1.82) is 0 Å². The summed E-state index contributed by atoms with van der Waals surface area (Å²) in [5, 5.41) is 2.71. The molecule has 0 aliphatic heterocycles. The van der Waals surface area contributed by atoms with Crippen molar-refractivity contribution in [3.8, 4) is 0 Å². The topological polar surface area (TPSA) is 56.2 Å². The lowest BCUT2D eigenvalue weighted by molar-refractivity contribution is 0.169. The highest BCUT2D eigenvalue weighted by atomic mass is 32.2. The van der Waals surface area contributed by atoms with Gasteiger partial charge in [0.25, 0.3) is 0 Å². The van der Waals surface area contributed by atoms with Crippen molar-refractivity contribution in [2.75, 3.05) is 17.7 Å². The van der Waals surface area contributed by atoms with Gasteiger partial charge in [-0.3, -0.25) is 5.32 Å². The molecule has 0 fully saturated rings. The van der Waals surface area contributed by atoms with Gasteiger partial charge in [0.2, 0.25) is 0 Å². The predicted molar refractivity (Wildman–Crippen MR) is 109 cm³/mol. The van der Waals surface area contributed by atoms with E-state index in [-0.39, 0.29) is 0 Å². The van der Waals surface area contributed by atoms with Gasteiger partial charge < -0.3 is 9.30 Å². The summed E-state index contributed by atoms with van der Waals surface area (Å²) in [5.74, 6) is 1.71. The van der Waals surface area contributed by atoms with Crippen LogP contribution >= 0.6 is 11.8 Å². The van der Waals surface area contributed by atoms with Gasteiger partial charge in [0.15, 0.2) is 0 Å². The maximum atomic E-state index is 11.8. The molecule has 0 atom stereocenters. The van der Waals surface area contributed by atoms with Crippen LogP contribution in [0.1, 0.15) is 17.0 Å². The summed E-state index contributed by atoms with van der Waals surface area (Å²) in [6.45, 7) is 5.30. The Morgan fingerprint density at radius 1 is 1.15 bits per heavy atom. The molecule has 3 aromatic rings. The number of anilines is 1. The molecule has 140 valence electrons. The number of nitrogens with one attached hydrogen (secondary N) is 1. The lowest BCUT2D eigenvalue weighted by atomic mass is 10.1. The van der Waals surface area contributed by atoms with Crippen LogP contribution in [0.2, 0.25) is 0 Å². The van der Waals surface area contributed by atoms with Crippen LogP contribution in [0.4, 0.5) is 10.5 Å². The highest BCUT2D eigenvalue weighted by Crippen LogP contribution is 2.25. The Bertz CT molecular complexity index is 893. The molecule has 0 spiro atoms. The van der Waals surface area contributed by atoms with E-state index in [2.05, 4.69) is 40.0 Å². The zero-order valence-electron chi connectivity index (χ0n) is 15.5. The predicted octanol–water partition coefficient (Wildman–Crippen LogP) is 4.89. The zero-order chi connectivity index (χ0) is 19.1. The summed E-state index contributed by atoms with van der Waals surface area (Å²) in [6.07, 6.45) is 3.39. The molecule has 27 heavy (non-hydrogen) atoms. The minimum absolute atomic E-state index is 0.355. The van der Waals surface area contributed by atoms with E-state index in [1.807, 2.05) is 49.6 Å². The van der Waals surface area contributed by atoms with E-state index in [9.17, 15) is 4.79 Å². The van der Waals surface area contributed by atoms with Crippen LogP contribution in [0.25, 0.3) is 0 Å². The third-order valence-corrected chi connectivity index (χ3v) is 5.38. The quantitative estimate of drug-likeness (QED) is 0.468. The minimum Gasteiger partial charge on any atom is -0.448 e. The van der Waals surface area contributed by atoms with Crippen molar-refractivity contribution < 1.29 is 9.53 Å². The van der Waals surface area contributed by atoms with Gasteiger partial charge in [-0.05, 0) is 43.2 Å². The molecule has 1 N–H and O–H groups in total. The molecule has 0 aliphatic rings. The van der Waals surface area contributed by atoms with E-state index >= 15 is 0 Å². The number of carbonyl (C=O) groups is 1. The number of ether oxygens (including phenoxy) is 1. The molecule has 1 heterocycles. The number of thioether (sulfide) groups is 1. The molecule has 1 aromatic heterocycles. The molecule has 2 aromatic carbocycles. The summed E-state index contributed by atoms with van der Waals surface area (Å²) in [5.41, 5.74) is 3.25. The smallest absolute Gasteiger partial charge is 0.411 e. The number of para-hydroxylation sites is 1. The van der Waals surface area contributed by atoms with Crippen LogP contribution in [0, 0.1) is 13.8 Å². The molecular formula is C21H23N3O2S. The van der Waals surface area contributed by atoms with Gasteiger partial charge in [-0.15, -0.1) is 11.8 Å². The van der Waals surface area contributed by atoms with Gasteiger partial charge in [0.05, 0.1) is 0 Å². The monoisotopic (exact) mass is 381 g/mol. The molecule has 5 nitrogen and oxygen atoms in total. The van der Waals surface area contributed by atoms with E-state index < -0.39 is 6.09 Å². The molecule has 0 saturated carbocycles. The molecular weight excluding hydrogens is 358 g/mol. The minimum atomic E-state index is -0.428. The van der Waals surface area contributed by atoms with Crippen LogP contribution in [-0.2, 0) is 11.3 Å². The number of nitrogens with zero attached hydrogens (tertiary/aromatic N) is 2. The molecule has 0 unspecified atom stereocenters. The lowest BCUT2D eigenvalue weighted by Gasteiger charge is -2.13. The summed E-state index contributed by atoms with van der Waals surface area (Å²) < 4.78 is 7.39. The average molecular weight is 382 g/mol. The van der Waals surface area contributed by atoms with Gasteiger partial charge in [0.1, 0.15) is 12.4 Å². The number of carbonyl (C=O) groups excluding carboxylic acids is 1. The Morgan fingerprint density at radius 3 is 2.70 bits per heavy atom. The Kier molecular flexibility index (Phi) is 6.54. The summed E-state index contributed by atoms with van der Waals surface area (Å²) >= 11 is 1.70. The fraction of sp³-hybridized carbons (Fsp3) is 0.238. The van der Waals surface area contributed by atoms with E-state index in [1.54, 1.807) is 11.8 Å². The molecule has 0 bridgehead atoms. The van der Waals surface area contributed by atoms with Crippen molar-refractivity contribution in [3.05, 3.63) is 77.9 Å². The van der Waals surface area contributed by atoms with Crippen molar-refractivity contribution in [3.63, 3.8) is 0 Å². The number of hydrogen-bond acceptors (Lipinski definition) is 4. The highest BCUT2D eigenvalue weighted by molar-refractivity contribution is 7.99. The molecule has 0 aliphatic carbocycles. The Balaban J connectivity index is 1.49. The number of aromatic nitrogens is 2. The average Bonchev–Trinajstić information content (AvgIpc) is 3.07. The number of hydrogen-bond donors (Lipinski definition) is 1. The second-order valence-corrected chi connectivity index (χ2v) is 7.25.